The number of nitrogens with one attached hydrogen (secondary N) is 1. The number of ketones is 1. The molecule has 0 aromatic heterocycles. The third-order valence-corrected chi connectivity index (χ3v) is 13.6. The van der Waals surface area contributed by atoms with Crippen LogP contribution in [-0.2, 0) is 53.6 Å². The van der Waals surface area contributed by atoms with Gasteiger partial charge < -0.3 is 28.6 Å². The predicted octanol–water partition coefficient (Wildman–Crippen LogP) is 8.30. The summed E-state index contributed by atoms with van der Waals surface area (Å²) >= 11 is 0. The molecule has 1 saturated carbocycles. The molecule has 11 atom stereocenters. The van der Waals surface area contributed by atoms with Crippen molar-refractivity contribution in [3.8, 4) is 0 Å². The summed E-state index contributed by atoms with van der Waals surface area (Å²) in [4.78, 5) is 40.3. The van der Waals surface area contributed by atoms with Crippen molar-refractivity contribution in [1.29, 1.82) is 0 Å². The predicted molar refractivity (Wildman–Crippen MR) is 203 cm³/mol. The maximum absolute atomic E-state index is 14.2. The Kier molecular flexibility index (Phi) is 13.3. The number of rotatable bonds is 17. The van der Waals surface area contributed by atoms with E-state index in [0.29, 0.717) is 12.3 Å². The Morgan fingerprint density at radius 3 is 2.33 bits per heavy atom. The van der Waals surface area contributed by atoms with E-state index >= 15 is 0 Å². The average Bonchev–Trinajstić information content (AvgIpc) is 3.40. The van der Waals surface area contributed by atoms with Crippen LogP contribution in [0.25, 0.3) is 0 Å². The van der Waals surface area contributed by atoms with Gasteiger partial charge in [0.2, 0.25) is 11.7 Å². The molecule has 5 aliphatic rings. The lowest BCUT2D eigenvalue weighted by Crippen LogP contribution is -2.70. The van der Waals surface area contributed by atoms with Gasteiger partial charge in [0.05, 0.1) is 25.9 Å². The Morgan fingerprint density at radius 1 is 0.963 bits per heavy atom. The van der Waals surface area contributed by atoms with Crippen LogP contribution in [0, 0.1) is 35.5 Å². The molecule has 0 unspecified atom stereocenters. The van der Waals surface area contributed by atoms with Crippen LogP contribution in [0.3, 0.4) is 0 Å². The van der Waals surface area contributed by atoms with Crippen molar-refractivity contribution in [2.24, 2.45) is 35.5 Å². The molecule has 1 aliphatic carbocycles. The molecule has 4 heterocycles. The van der Waals surface area contributed by atoms with Gasteiger partial charge in [-0.2, -0.15) is 0 Å². The van der Waals surface area contributed by atoms with E-state index in [9.17, 15) is 14.2 Å². The molecule has 1 spiro atoms. The molecule has 4 aliphatic heterocycles. The minimum atomic E-state index is -3.53. The summed E-state index contributed by atoms with van der Waals surface area (Å²) in [6.07, 6.45) is 4.48. The normalized spacial score (nSPS) is 32.3. The molecule has 1 N–H and O–H groups in total. The third kappa shape index (κ3) is 8.95. The maximum Gasteiger partial charge on any atom is 0.353 e. The molecule has 2 aromatic carbocycles. The van der Waals surface area contributed by atoms with Crippen LogP contribution in [0.5, 0.6) is 0 Å². The van der Waals surface area contributed by atoms with E-state index in [0.717, 1.165) is 36.8 Å². The van der Waals surface area contributed by atoms with E-state index < -0.39 is 49.4 Å². The lowest BCUT2D eigenvalue weighted by Gasteiger charge is -2.60. The second-order valence-corrected chi connectivity index (χ2v) is 17.6. The highest BCUT2D eigenvalue weighted by atomic mass is 31.2. The van der Waals surface area contributed by atoms with Crippen molar-refractivity contribution < 1.29 is 47.2 Å². The molecule has 12 heteroatoms. The van der Waals surface area contributed by atoms with Gasteiger partial charge in [0.1, 0.15) is 5.78 Å². The topological polar surface area (TPSA) is 128 Å². The fourth-order valence-corrected chi connectivity index (χ4v) is 10.2. The van der Waals surface area contributed by atoms with Crippen LogP contribution in [-0.4, -0.2) is 55.5 Å². The third-order valence-electron chi connectivity index (χ3n) is 11.8. The fourth-order valence-electron chi connectivity index (χ4n) is 8.84. The molecule has 54 heavy (non-hydrogen) atoms. The van der Waals surface area contributed by atoms with E-state index in [1.54, 1.807) is 19.9 Å². The van der Waals surface area contributed by atoms with Crippen LogP contribution >= 0.6 is 7.60 Å². The van der Waals surface area contributed by atoms with Crippen molar-refractivity contribution in [3.05, 3.63) is 83.7 Å². The number of benzene rings is 2. The van der Waals surface area contributed by atoms with Gasteiger partial charge in [-0.3, -0.25) is 14.2 Å². The highest BCUT2D eigenvalue weighted by Crippen LogP contribution is 2.60. The zero-order valence-corrected chi connectivity index (χ0v) is 33.4. The van der Waals surface area contributed by atoms with E-state index in [1.165, 1.54) is 5.82 Å². The Labute approximate surface area is 320 Å². The summed E-state index contributed by atoms with van der Waals surface area (Å²) < 4.78 is 43.7. The zero-order chi connectivity index (χ0) is 38.5. The van der Waals surface area contributed by atoms with E-state index in [4.69, 9.17) is 33.0 Å². The Morgan fingerprint density at radius 2 is 1.65 bits per heavy atom. The zero-order valence-electron chi connectivity index (χ0n) is 32.5. The van der Waals surface area contributed by atoms with Gasteiger partial charge in [-0.1, -0.05) is 81.4 Å². The number of carbonyl (C=O) groups is 2. The number of carbonyl (C=O) groups excluding carboxylic acids is 2. The number of Topliss-reactive ketones (excluding diaryl/α,β-unsaturated/α-hetero) is 1. The van der Waals surface area contributed by atoms with E-state index in [2.05, 4.69) is 19.2 Å². The number of hydrogen-bond donors (Lipinski definition) is 1. The van der Waals surface area contributed by atoms with Gasteiger partial charge in [0.25, 0.3) is 0 Å². The standard InChI is InChI=1S/C42H58NO10P/c1-7-48-54(46,49-8-2)24-22-36(32-17-13-10-14-18-32)43-38(45)33(25-31-15-11-9-12-16-31)26-37(44)29(4)27-47-39-30(5)35-20-19-28(3)34-21-23-41(6)51-40(50-39)42(34,35)53-52-41/h9-18,22,24,28-30,33-36,39-40H,7-8,19-21,23,25-27H2,1-6H3,(H,43,45)/b24-22+/t28-,29+,30-,33-,34+,35+,36-,39+,40-,41-,42-/m1/s1. The Hall–Kier alpha value is -2.73. The largest absolute Gasteiger partial charge is 0.353 e. The summed E-state index contributed by atoms with van der Waals surface area (Å²) in [6, 6.07) is 18.4. The maximum atomic E-state index is 14.2. The van der Waals surface area contributed by atoms with Gasteiger partial charge in [-0.25, -0.2) is 9.78 Å². The first-order valence-corrected chi connectivity index (χ1v) is 21.3. The Balaban J connectivity index is 1.15. The molecule has 2 aromatic rings. The molecule has 1 amide bonds. The fraction of sp³-hybridized carbons (Fsp3) is 0.619. The summed E-state index contributed by atoms with van der Waals surface area (Å²) in [5, 5.41) is 3.12. The Bertz CT molecular complexity index is 1630. The molecular formula is C42H58NO10P. The van der Waals surface area contributed by atoms with Crippen molar-refractivity contribution in [1.82, 2.24) is 5.32 Å². The lowest BCUT2D eigenvalue weighted by atomic mass is 9.58. The van der Waals surface area contributed by atoms with E-state index in [1.807, 2.05) is 74.5 Å². The van der Waals surface area contributed by atoms with Gasteiger partial charge in [-0.15, -0.1) is 0 Å². The van der Waals surface area contributed by atoms with Gasteiger partial charge in [0, 0.05) is 42.3 Å². The highest BCUT2D eigenvalue weighted by Gasteiger charge is 2.69. The number of ether oxygens (including phenoxy) is 3. The number of amides is 1. The SMILES string of the molecule is CCOP(=O)(/C=C/[C@@H](NC(=O)[C@@H](CC(=O)[C@@H](C)CO[C@H]1O[C@@H]2O[C@@]3(C)CC[C@H]4[C@H](C)CC[C@@H]([C@H]1C)[C@@]24OO3)Cc1ccccc1)c1ccccc1)OCC. The van der Waals surface area contributed by atoms with Crippen LogP contribution in [0.2, 0.25) is 0 Å². The first kappa shape index (κ1) is 40.9. The van der Waals surface area contributed by atoms with Crippen molar-refractivity contribution >= 4 is 19.3 Å². The monoisotopic (exact) mass is 767 g/mol. The summed E-state index contributed by atoms with van der Waals surface area (Å²) in [5.74, 6) is -0.252. The van der Waals surface area contributed by atoms with Crippen LogP contribution < -0.4 is 5.32 Å². The summed E-state index contributed by atoms with van der Waals surface area (Å²) in [5.41, 5.74) is 1.03. The number of fused-ring (bicyclic) bond motifs is 2. The summed E-state index contributed by atoms with van der Waals surface area (Å²) in [7, 11) is -3.53. The molecule has 5 fully saturated rings. The molecule has 296 valence electrons. The van der Waals surface area contributed by atoms with Crippen molar-refractivity contribution in [2.75, 3.05) is 19.8 Å². The van der Waals surface area contributed by atoms with Gasteiger partial charge in [0.15, 0.2) is 18.2 Å². The number of hydrogen-bond acceptors (Lipinski definition) is 10. The van der Waals surface area contributed by atoms with Crippen molar-refractivity contribution in [3.63, 3.8) is 0 Å². The second-order valence-electron chi connectivity index (χ2n) is 15.7. The van der Waals surface area contributed by atoms with Crippen LogP contribution in [0.4, 0.5) is 0 Å². The van der Waals surface area contributed by atoms with Crippen LogP contribution in [0.15, 0.2) is 72.6 Å². The molecular weight excluding hydrogens is 709 g/mol. The van der Waals surface area contributed by atoms with Gasteiger partial charge in [-0.05, 0) is 75.5 Å². The first-order valence-electron chi connectivity index (χ1n) is 19.7. The minimum absolute atomic E-state index is 0.00845. The molecule has 0 radical (unpaired) electrons. The molecule has 11 nitrogen and oxygen atoms in total. The van der Waals surface area contributed by atoms with Gasteiger partial charge >= 0.3 is 7.60 Å². The van der Waals surface area contributed by atoms with Crippen molar-refractivity contribution in [2.45, 2.75) is 110 Å². The quantitative estimate of drug-likeness (QED) is 0.124. The lowest BCUT2D eigenvalue weighted by molar-refractivity contribution is -0.577. The average molecular weight is 768 g/mol. The second kappa shape index (κ2) is 17.6. The highest BCUT2D eigenvalue weighted by molar-refractivity contribution is 7.57. The molecule has 4 saturated heterocycles. The van der Waals surface area contributed by atoms with Crippen LogP contribution in [0.1, 0.15) is 90.8 Å². The molecule has 2 bridgehead atoms. The summed E-state index contributed by atoms with van der Waals surface area (Å²) in [6.45, 7) is 12.2. The minimum Gasteiger partial charge on any atom is -0.352 e. The van der Waals surface area contributed by atoms with E-state index in [-0.39, 0.29) is 55.7 Å². The smallest absolute Gasteiger partial charge is 0.352 e. The first-order chi connectivity index (χ1) is 25.9. The molecule has 7 rings (SSSR count).